The van der Waals surface area contributed by atoms with Gasteiger partial charge in [-0.15, -0.1) is 0 Å². The zero-order valence-corrected chi connectivity index (χ0v) is 14.0. The first kappa shape index (κ1) is 15.9. The predicted octanol–water partition coefficient (Wildman–Crippen LogP) is 3.36. The van der Waals surface area contributed by atoms with Gasteiger partial charge in [-0.3, -0.25) is 9.69 Å². The van der Waals surface area contributed by atoms with Crippen molar-refractivity contribution in [2.75, 3.05) is 13.6 Å². The molecule has 0 atom stereocenters. The van der Waals surface area contributed by atoms with E-state index in [1.54, 1.807) is 12.1 Å². The number of benzene rings is 1. The van der Waals surface area contributed by atoms with Gasteiger partial charge in [0.2, 0.25) is 0 Å². The van der Waals surface area contributed by atoms with Crippen LogP contribution in [0.1, 0.15) is 19.8 Å². The molecule has 0 aliphatic carbocycles. The third-order valence-corrected chi connectivity index (χ3v) is 3.75. The molecule has 0 saturated heterocycles. The fourth-order valence-electron chi connectivity index (χ4n) is 2.08. The van der Waals surface area contributed by atoms with E-state index >= 15 is 0 Å². The molecule has 21 heavy (non-hydrogen) atoms. The van der Waals surface area contributed by atoms with Crippen molar-refractivity contribution in [3.05, 3.63) is 51.2 Å². The van der Waals surface area contributed by atoms with Gasteiger partial charge in [0.15, 0.2) is 0 Å². The highest BCUT2D eigenvalue weighted by atomic mass is 79.9. The van der Waals surface area contributed by atoms with E-state index in [-0.39, 0.29) is 5.56 Å². The van der Waals surface area contributed by atoms with E-state index in [0.29, 0.717) is 6.67 Å². The van der Waals surface area contributed by atoms with Crippen molar-refractivity contribution < 1.29 is 0 Å². The molecule has 0 amide bonds. The van der Waals surface area contributed by atoms with Gasteiger partial charge in [-0.05, 0) is 38.2 Å². The minimum absolute atomic E-state index is 0.0721. The molecular weight excluding hydrogens is 330 g/mol. The first-order chi connectivity index (χ1) is 10.1. The lowest BCUT2D eigenvalue weighted by Gasteiger charge is -2.17. The molecule has 0 unspecified atom stereocenters. The highest BCUT2D eigenvalue weighted by Crippen LogP contribution is 2.20. The second-order valence-electron chi connectivity index (χ2n) is 5.14. The molecule has 0 aliphatic heterocycles. The van der Waals surface area contributed by atoms with Gasteiger partial charge in [-0.2, -0.15) is 5.10 Å². The Balaban J connectivity index is 2.23. The smallest absolute Gasteiger partial charge is 0.268 e. The van der Waals surface area contributed by atoms with Gasteiger partial charge in [-0.25, -0.2) is 4.68 Å². The van der Waals surface area contributed by atoms with Crippen LogP contribution < -0.4 is 5.56 Å². The summed E-state index contributed by atoms with van der Waals surface area (Å²) in [6.45, 7) is 3.64. The van der Waals surface area contributed by atoms with Crippen molar-refractivity contribution in [1.29, 1.82) is 0 Å². The van der Waals surface area contributed by atoms with Crippen LogP contribution in [0.2, 0.25) is 0 Å². The molecule has 1 aromatic carbocycles. The summed E-state index contributed by atoms with van der Waals surface area (Å²) in [6, 6.07) is 11.3. The van der Waals surface area contributed by atoms with Crippen LogP contribution in [0.4, 0.5) is 0 Å². The Hall–Kier alpha value is -1.46. The first-order valence-corrected chi connectivity index (χ1v) is 7.92. The predicted molar refractivity (Wildman–Crippen MR) is 89.2 cm³/mol. The summed E-state index contributed by atoms with van der Waals surface area (Å²) in [4.78, 5) is 14.1. The van der Waals surface area contributed by atoms with E-state index in [1.165, 1.54) is 4.68 Å². The molecule has 2 rings (SSSR count). The molecule has 0 aliphatic rings. The molecule has 0 fully saturated rings. The summed E-state index contributed by atoms with van der Waals surface area (Å²) in [5.74, 6) is 0. The van der Waals surface area contributed by atoms with Gasteiger partial charge < -0.3 is 0 Å². The molecule has 0 radical (unpaired) electrons. The van der Waals surface area contributed by atoms with Crippen LogP contribution in [0.25, 0.3) is 11.3 Å². The molecule has 0 spiro atoms. The standard InChI is InChI=1S/C16H20BrN3O/c1-3-4-10-19(2)12-20-16(21)9-8-15(18-20)13-6-5-7-14(17)11-13/h5-9,11H,3-4,10,12H2,1-2H3. The molecule has 1 aromatic heterocycles. The van der Waals surface area contributed by atoms with Crippen LogP contribution in [-0.2, 0) is 6.67 Å². The minimum Gasteiger partial charge on any atom is -0.287 e. The summed E-state index contributed by atoms with van der Waals surface area (Å²) in [7, 11) is 2.01. The van der Waals surface area contributed by atoms with E-state index in [9.17, 15) is 4.79 Å². The van der Waals surface area contributed by atoms with E-state index in [1.807, 2.05) is 31.3 Å². The first-order valence-electron chi connectivity index (χ1n) is 7.13. The molecule has 5 heteroatoms. The van der Waals surface area contributed by atoms with Crippen LogP contribution >= 0.6 is 15.9 Å². The molecule has 2 aromatic rings. The monoisotopic (exact) mass is 349 g/mol. The lowest BCUT2D eigenvalue weighted by Crippen LogP contribution is -2.31. The van der Waals surface area contributed by atoms with E-state index in [2.05, 4.69) is 32.9 Å². The van der Waals surface area contributed by atoms with Gasteiger partial charge in [0.1, 0.15) is 0 Å². The largest absolute Gasteiger partial charge is 0.287 e. The summed E-state index contributed by atoms with van der Waals surface area (Å²) < 4.78 is 2.52. The van der Waals surface area contributed by atoms with Gasteiger partial charge >= 0.3 is 0 Å². The van der Waals surface area contributed by atoms with Gasteiger partial charge in [0.25, 0.3) is 5.56 Å². The van der Waals surface area contributed by atoms with Crippen molar-refractivity contribution in [2.45, 2.75) is 26.4 Å². The van der Waals surface area contributed by atoms with Gasteiger partial charge in [0, 0.05) is 16.1 Å². The molecule has 4 nitrogen and oxygen atoms in total. The third kappa shape index (κ3) is 4.51. The average Bonchev–Trinajstić information content (AvgIpc) is 2.47. The summed E-state index contributed by atoms with van der Waals surface area (Å²) in [6.07, 6.45) is 2.27. The normalized spacial score (nSPS) is 11.0. The van der Waals surface area contributed by atoms with Crippen molar-refractivity contribution in [3.63, 3.8) is 0 Å². The lowest BCUT2D eigenvalue weighted by atomic mass is 10.1. The number of aromatic nitrogens is 2. The summed E-state index contributed by atoms with van der Waals surface area (Å²) in [5.41, 5.74) is 1.73. The number of hydrogen-bond acceptors (Lipinski definition) is 3. The fraction of sp³-hybridized carbons (Fsp3) is 0.375. The van der Waals surface area contributed by atoms with Crippen molar-refractivity contribution in [3.8, 4) is 11.3 Å². The number of halogens is 1. The topological polar surface area (TPSA) is 38.1 Å². The molecule has 1 heterocycles. The molecule has 0 saturated carbocycles. The minimum atomic E-state index is -0.0721. The second kappa shape index (κ2) is 7.52. The van der Waals surface area contributed by atoms with Crippen LogP contribution in [0.3, 0.4) is 0 Å². The van der Waals surface area contributed by atoms with Crippen LogP contribution in [0, 0.1) is 0 Å². The lowest BCUT2D eigenvalue weighted by molar-refractivity contribution is 0.245. The molecule has 112 valence electrons. The SMILES string of the molecule is CCCCN(C)Cn1nc(-c2cccc(Br)c2)ccc1=O. The maximum atomic E-state index is 11.9. The summed E-state index contributed by atoms with van der Waals surface area (Å²) >= 11 is 3.46. The highest BCUT2D eigenvalue weighted by molar-refractivity contribution is 9.10. The van der Waals surface area contributed by atoms with Crippen molar-refractivity contribution >= 4 is 15.9 Å². The van der Waals surface area contributed by atoms with Gasteiger partial charge in [0.05, 0.1) is 12.4 Å². The Morgan fingerprint density at radius 1 is 1.29 bits per heavy atom. The third-order valence-electron chi connectivity index (χ3n) is 3.26. The Morgan fingerprint density at radius 3 is 2.81 bits per heavy atom. The average molecular weight is 350 g/mol. The molecular formula is C16H20BrN3O. The molecule has 0 bridgehead atoms. The van der Waals surface area contributed by atoms with Crippen molar-refractivity contribution in [2.24, 2.45) is 0 Å². The van der Waals surface area contributed by atoms with Crippen LogP contribution in [0.5, 0.6) is 0 Å². The van der Waals surface area contributed by atoms with E-state index in [4.69, 9.17) is 0 Å². The van der Waals surface area contributed by atoms with Crippen molar-refractivity contribution in [1.82, 2.24) is 14.7 Å². The number of nitrogens with zero attached hydrogens (tertiary/aromatic N) is 3. The van der Waals surface area contributed by atoms with Crippen LogP contribution in [0.15, 0.2) is 45.7 Å². The second-order valence-corrected chi connectivity index (χ2v) is 6.06. The number of rotatable bonds is 6. The quantitative estimate of drug-likeness (QED) is 0.802. The van der Waals surface area contributed by atoms with Crippen LogP contribution in [-0.4, -0.2) is 28.3 Å². The Morgan fingerprint density at radius 2 is 2.10 bits per heavy atom. The van der Waals surface area contributed by atoms with E-state index < -0.39 is 0 Å². The molecule has 0 N–H and O–H groups in total. The maximum absolute atomic E-state index is 11.9. The maximum Gasteiger partial charge on any atom is 0.268 e. The summed E-state index contributed by atoms with van der Waals surface area (Å²) in [5, 5.41) is 4.47. The highest BCUT2D eigenvalue weighted by Gasteiger charge is 2.06. The Kier molecular flexibility index (Phi) is 5.70. The zero-order valence-electron chi connectivity index (χ0n) is 12.4. The Labute approximate surface area is 133 Å². The van der Waals surface area contributed by atoms with Gasteiger partial charge in [-0.1, -0.05) is 41.4 Å². The zero-order chi connectivity index (χ0) is 15.2. The number of unbranched alkanes of at least 4 members (excludes halogenated alkanes) is 1. The Bertz CT molecular complexity index is 654. The fourth-order valence-corrected chi connectivity index (χ4v) is 2.48. The van der Waals surface area contributed by atoms with E-state index in [0.717, 1.165) is 35.1 Å². The number of hydrogen-bond donors (Lipinski definition) is 0.